The molecule has 0 aromatic rings. The van der Waals surface area contributed by atoms with Gasteiger partial charge in [0.2, 0.25) is 0 Å². The second-order valence-electron chi connectivity index (χ2n) is 2.04. The van der Waals surface area contributed by atoms with E-state index >= 15 is 0 Å². The molecule has 6 nitrogen and oxygen atoms in total. The van der Waals surface area contributed by atoms with Gasteiger partial charge in [0.05, 0.1) is 5.57 Å². The molecule has 7 heteroatoms. The summed E-state index contributed by atoms with van der Waals surface area (Å²) in [4.78, 5) is 30.8. The van der Waals surface area contributed by atoms with Crippen LogP contribution in [-0.4, -0.2) is 33.2 Å². The van der Waals surface area contributed by atoms with Crippen LogP contribution in [0.25, 0.3) is 0 Å². The number of carboxylic acid groups (broad SMARTS) is 3. The normalized spacial score (nSPS) is 12.4. The number of halogens is 1. The highest BCUT2D eigenvalue weighted by atomic mass is 79.9. The maximum atomic E-state index is 10.4. The SMILES string of the molecule is O=C(O)C=C(C=C(Br)C(=O)O)C(=O)O. The molecule has 0 aromatic carbocycles. The zero-order chi connectivity index (χ0) is 11.3. The summed E-state index contributed by atoms with van der Waals surface area (Å²) in [5.74, 6) is -4.38. The Morgan fingerprint density at radius 3 is 1.71 bits per heavy atom. The molecule has 0 radical (unpaired) electrons. The molecule has 3 N–H and O–H groups in total. The minimum absolute atomic E-state index is 0.395. The first-order valence-corrected chi connectivity index (χ1v) is 3.92. The Bertz CT molecular complexity index is 340. The Labute approximate surface area is 86.3 Å². The number of aliphatic carboxylic acids is 3. The highest BCUT2D eigenvalue weighted by Crippen LogP contribution is 2.09. The Balaban J connectivity index is 5.07. The quantitative estimate of drug-likeness (QED) is 0.502. The number of rotatable bonds is 4. The van der Waals surface area contributed by atoms with E-state index in [0.717, 1.165) is 0 Å². The molecular formula is C7H5BrO6. The summed E-state index contributed by atoms with van der Waals surface area (Å²) in [6, 6.07) is 0. The van der Waals surface area contributed by atoms with Crippen LogP contribution >= 0.6 is 15.9 Å². The number of carboxylic acids is 3. The topological polar surface area (TPSA) is 112 Å². The Morgan fingerprint density at radius 1 is 0.929 bits per heavy atom. The van der Waals surface area contributed by atoms with E-state index < -0.39 is 28.0 Å². The second kappa shape index (κ2) is 5.18. The third-order valence-electron chi connectivity index (χ3n) is 1.01. The summed E-state index contributed by atoms with van der Waals surface area (Å²) in [6.07, 6.45) is 1.09. The van der Waals surface area contributed by atoms with Crippen molar-refractivity contribution in [2.75, 3.05) is 0 Å². The van der Waals surface area contributed by atoms with E-state index in [2.05, 4.69) is 15.9 Å². The van der Waals surface area contributed by atoms with E-state index in [4.69, 9.17) is 15.3 Å². The van der Waals surface area contributed by atoms with Crippen LogP contribution in [-0.2, 0) is 14.4 Å². The van der Waals surface area contributed by atoms with Gasteiger partial charge in [0, 0.05) is 6.08 Å². The highest BCUT2D eigenvalue weighted by molar-refractivity contribution is 9.12. The highest BCUT2D eigenvalue weighted by Gasteiger charge is 2.10. The van der Waals surface area contributed by atoms with Crippen LogP contribution in [0.3, 0.4) is 0 Å². The van der Waals surface area contributed by atoms with E-state index in [1.54, 1.807) is 0 Å². The summed E-state index contributed by atoms with van der Waals surface area (Å²) in [5, 5.41) is 25.1. The van der Waals surface area contributed by atoms with Crippen molar-refractivity contribution in [2.24, 2.45) is 0 Å². The Hall–Kier alpha value is -1.63. The van der Waals surface area contributed by atoms with Crippen molar-refractivity contribution in [1.82, 2.24) is 0 Å². The molecule has 76 valence electrons. The standard InChI is InChI=1S/C7H5BrO6/c8-4(7(13)14)1-3(6(11)12)2-5(9)10/h1-2H,(H,9,10)(H,11,12)(H,13,14). The predicted octanol–water partition coefficient (Wildman–Crippen LogP) is 0.445. The van der Waals surface area contributed by atoms with Gasteiger partial charge in [-0.05, 0) is 22.0 Å². The van der Waals surface area contributed by atoms with Crippen LogP contribution in [0.15, 0.2) is 22.2 Å². The van der Waals surface area contributed by atoms with Gasteiger partial charge >= 0.3 is 17.9 Å². The summed E-state index contributed by atoms with van der Waals surface area (Å²) < 4.78 is -0.438. The van der Waals surface area contributed by atoms with Crippen LogP contribution in [0.4, 0.5) is 0 Å². The maximum absolute atomic E-state index is 10.4. The van der Waals surface area contributed by atoms with Crippen molar-refractivity contribution in [2.45, 2.75) is 0 Å². The lowest BCUT2D eigenvalue weighted by atomic mass is 10.2. The van der Waals surface area contributed by atoms with E-state index in [9.17, 15) is 14.4 Å². The average molecular weight is 265 g/mol. The third kappa shape index (κ3) is 4.41. The largest absolute Gasteiger partial charge is 0.478 e. The molecule has 0 heterocycles. The average Bonchev–Trinajstić information content (AvgIpc) is 2.01. The molecule has 0 rings (SSSR count). The van der Waals surface area contributed by atoms with Crippen LogP contribution < -0.4 is 0 Å². The van der Waals surface area contributed by atoms with E-state index in [0.29, 0.717) is 12.2 Å². The maximum Gasteiger partial charge on any atom is 0.342 e. The lowest BCUT2D eigenvalue weighted by Crippen LogP contribution is -2.04. The fourth-order valence-electron chi connectivity index (χ4n) is 0.496. The molecule has 0 amide bonds. The minimum Gasteiger partial charge on any atom is -0.478 e. The molecule has 0 bridgehead atoms. The number of hydrogen-bond acceptors (Lipinski definition) is 3. The molecule has 0 aliphatic heterocycles. The molecule has 0 fully saturated rings. The van der Waals surface area contributed by atoms with E-state index in [1.807, 2.05) is 0 Å². The number of carbonyl (C=O) groups is 3. The van der Waals surface area contributed by atoms with Gasteiger partial charge in [0.15, 0.2) is 0 Å². The van der Waals surface area contributed by atoms with Gasteiger partial charge in [0.1, 0.15) is 4.48 Å². The molecule has 0 aromatic heterocycles. The van der Waals surface area contributed by atoms with Crippen LogP contribution in [0.1, 0.15) is 0 Å². The van der Waals surface area contributed by atoms with Gasteiger partial charge in [0.25, 0.3) is 0 Å². The molecule has 14 heavy (non-hydrogen) atoms. The van der Waals surface area contributed by atoms with E-state index in [-0.39, 0.29) is 0 Å². The fraction of sp³-hybridized carbons (Fsp3) is 0. The van der Waals surface area contributed by atoms with Gasteiger partial charge in [-0.25, -0.2) is 14.4 Å². The molecule has 0 spiro atoms. The van der Waals surface area contributed by atoms with E-state index in [1.165, 1.54) is 0 Å². The predicted molar refractivity (Wildman–Crippen MR) is 48.0 cm³/mol. The van der Waals surface area contributed by atoms with Gasteiger partial charge in [-0.2, -0.15) is 0 Å². The summed E-state index contributed by atoms with van der Waals surface area (Å²) in [5.41, 5.74) is -0.633. The molecule has 0 saturated carbocycles. The Morgan fingerprint density at radius 2 is 1.43 bits per heavy atom. The number of hydrogen-bond donors (Lipinski definition) is 3. The zero-order valence-electron chi connectivity index (χ0n) is 6.60. The second-order valence-corrected chi connectivity index (χ2v) is 2.89. The first kappa shape index (κ1) is 12.4. The van der Waals surface area contributed by atoms with Gasteiger partial charge in [-0.15, -0.1) is 0 Å². The van der Waals surface area contributed by atoms with Crippen LogP contribution in [0, 0.1) is 0 Å². The van der Waals surface area contributed by atoms with Gasteiger partial charge < -0.3 is 15.3 Å². The minimum atomic E-state index is -1.52. The zero-order valence-corrected chi connectivity index (χ0v) is 8.19. The summed E-state index contributed by atoms with van der Waals surface area (Å²) in [6.45, 7) is 0. The van der Waals surface area contributed by atoms with Crippen molar-refractivity contribution >= 4 is 33.8 Å². The van der Waals surface area contributed by atoms with Crippen molar-refractivity contribution < 1.29 is 29.7 Å². The van der Waals surface area contributed by atoms with Gasteiger partial charge in [-0.3, -0.25) is 0 Å². The van der Waals surface area contributed by atoms with Crippen molar-refractivity contribution in [3.8, 4) is 0 Å². The van der Waals surface area contributed by atoms with Gasteiger partial charge in [-0.1, -0.05) is 0 Å². The van der Waals surface area contributed by atoms with Crippen LogP contribution in [0.5, 0.6) is 0 Å². The molecule has 0 aliphatic rings. The molecule has 0 atom stereocenters. The van der Waals surface area contributed by atoms with Crippen molar-refractivity contribution in [3.63, 3.8) is 0 Å². The molecule has 0 saturated heterocycles. The lowest BCUT2D eigenvalue weighted by molar-refractivity contribution is -0.134. The summed E-state index contributed by atoms with van der Waals surface area (Å²) >= 11 is 2.57. The first-order valence-electron chi connectivity index (χ1n) is 3.13. The molecule has 0 aliphatic carbocycles. The molecule has 0 unspecified atom stereocenters. The van der Waals surface area contributed by atoms with Crippen molar-refractivity contribution in [3.05, 3.63) is 22.2 Å². The smallest absolute Gasteiger partial charge is 0.342 e. The summed E-state index contributed by atoms with van der Waals surface area (Å²) in [7, 11) is 0. The third-order valence-corrected chi connectivity index (χ3v) is 1.58. The monoisotopic (exact) mass is 264 g/mol. The van der Waals surface area contributed by atoms with Crippen molar-refractivity contribution in [1.29, 1.82) is 0 Å². The Kier molecular flexibility index (Phi) is 4.57. The lowest BCUT2D eigenvalue weighted by Gasteiger charge is -1.93. The fourth-order valence-corrected chi connectivity index (χ4v) is 0.743. The van der Waals surface area contributed by atoms with Crippen LogP contribution in [0.2, 0.25) is 0 Å². The molecular weight excluding hydrogens is 260 g/mol. The first-order chi connectivity index (χ1) is 6.34.